The molecule has 0 bridgehead atoms. The van der Waals surface area contributed by atoms with Crippen molar-refractivity contribution < 1.29 is 22.4 Å². The van der Waals surface area contributed by atoms with E-state index in [4.69, 9.17) is 0 Å². The molecule has 0 aliphatic carbocycles. The summed E-state index contributed by atoms with van der Waals surface area (Å²) in [6.07, 6.45) is 0.438. The van der Waals surface area contributed by atoms with E-state index in [0.717, 1.165) is 28.8 Å². The molecule has 160 valence electrons. The second-order valence-corrected chi connectivity index (χ2v) is 9.76. The zero-order valence-corrected chi connectivity index (χ0v) is 18.3. The van der Waals surface area contributed by atoms with Crippen LogP contribution in [0, 0.1) is 26.6 Å². The molecule has 1 aliphatic heterocycles. The van der Waals surface area contributed by atoms with E-state index in [1.54, 1.807) is 6.92 Å². The number of carbonyl (C=O) groups is 2. The third-order valence-electron chi connectivity index (χ3n) is 5.45. The number of amides is 2. The molecule has 6 nitrogen and oxygen atoms in total. The van der Waals surface area contributed by atoms with Crippen molar-refractivity contribution >= 4 is 21.8 Å². The molecule has 2 aromatic rings. The summed E-state index contributed by atoms with van der Waals surface area (Å²) in [4.78, 5) is 26.4. The molecule has 30 heavy (non-hydrogen) atoms. The lowest BCUT2D eigenvalue weighted by molar-refractivity contribution is -0.156. The number of nitrogens with one attached hydrogen (secondary N) is 1. The SMILES string of the molecule is Cc1cc(C)cc(CC(=O)N2CCC2(C)C(=O)NS(=O)(=O)c2cc(C)ccc2F)c1. The summed E-state index contributed by atoms with van der Waals surface area (Å²) in [7, 11) is -4.40. The zero-order chi connectivity index (χ0) is 22.3. The standard InChI is InChI=1S/C22H25FN2O4S/c1-14-5-6-18(23)19(12-14)30(28,29)24-21(27)22(4)7-8-25(22)20(26)13-17-10-15(2)9-16(3)11-17/h5-6,9-12H,7-8,13H2,1-4H3,(H,24,27). The van der Waals surface area contributed by atoms with Gasteiger partial charge >= 0.3 is 0 Å². The fourth-order valence-electron chi connectivity index (χ4n) is 3.74. The van der Waals surface area contributed by atoms with Gasteiger partial charge in [0.25, 0.3) is 15.9 Å². The average molecular weight is 433 g/mol. The normalized spacial score (nSPS) is 18.6. The van der Waals surface area contributed by atoms with Gasteiger partial charge < -0.3 is 4.90 Å². The van der Waals surface area contributed by atoms with Crippen LogP contribution >= 0.6 is 0 Å². The van der Waals surface area contributed by atoms with Crippen LogP contribution in [-0.2, 0) is 26.0 Å². The quantitative estimate of drug-likeness (QED) is 0.788. The second-order valence-electron chi connectivity index (χ2n) is 8.11. The Balaban J connectivity index is 1.77. The third kappa shape index (κ3) is 4.23. The van der Waals surface area contributed by atoms with Crippen LogP contribution < -0.4 is 4.72 Å². The Morgan fingerprint density at radius 3 is 2.27 bits per heavy atom. The van der Waals surface area contributed by atoms with Crippen LogP contribution in [0.1, 0.15) is 35.6 Å². The number of halogens is 1. The van der Waals surface area contributed by atoms with Crippen molar-refractivity contribution in [1.29, 1.82) is 0 Å². The summed E-state index contributed by atoms with van der Waals surface area (Å²) in [5, 5.41) is 0. The van der Waals surface area contributed by atoms with Gasteiger partial charge in [0.1, 0.15) is 16.3 Å². The van der Waals surface area contributed by atoms with E-state index >= 15 is 0 Å². The maximum atomic E-state index is 14.0. The zero-order valence-electron chi connectivity index (χ0n) is 17.5. The maximum Gasteiger partial charge on any atom is 0.267 e. The number of hydrogen-bond acceptors (Lipinski definition) is 4. The number of sulfonamides is 1. The van der Waals surface area contributed by atoms with Crippen molar-refractivity contribution in [3.05, 3.63) is 64.5 Å². The number of rotatable bonds is 5. The topological polar surface area (TPSA) is 83.6 Å². The Morgan fingerprint density at radius 1 is 1.07 bits per heavy atom. The molecule has 2 amide bonds. The Kier molecular flexibility index (Phi) is 5.73. The largest absolute Gasteiger partial charge is 0.328 e. The van der Waals surface area contributed by atoms with E-state index in [-0.39, 0.29) is 12.3 Å². The molecular weight excluding hydrogens is 407 g/mol. The summed E-state index contributed by atoms with van der Waals surface area (Å²) in [6, 6.07) is 9.47. The van der Waals surface area contributed by atoms with Crippen LogP contribution in [0.25, 0.3) is 0 Å². The lowest BCUT2D eigenvalue weighted by Crippen LogP contribution is -2.68. The minimum absolute atomic E-state index is 0.116. The van der Waals surface area contributed by atoms with Gasteiger partial charge in [0.05, 0.1) is 6.42 Å². The highest BCUT2D eigenvalue weighted by atomic mass is 32.2. The minimum Gasteiger partial charge on any atom is -0.328 e. The number of hydrogen-bond donors (Lipinski definition) is 1. The van der Waals surface area contributed by atoms with Crippen molar-refractivity contribution in [2.24, 2.45) is 0 Å². The summed E-state index contributed by atoms with van der Waals surface area (Å²) >= 11 is 0. The van der Waals surface area contributed by atoms with Gasteiger partial charge in [0, 0.05) is 6.54 Å². The van der Waals surface area contributed by atoms with Gasteiger partial charge in [-0.1, -0.05) is 35.4 Å². The molecule has 1 aliphatic rings. The van der Waals surface area contributed by atoms with Gasteiger partial charge in [-0.05, 0) is 57.4 Å². The monoisotopic (exact) mass is 432 g/mol. The fraction of sp³-hybridized carbons (Fsp3) is 0.364. The van der Waals surface area contributed by atoms with Crippen LogP contribution in [0.3, 0.4) is 0 Å². The lowest BCUT2D eigenvalue weighted by atomic mass is 9.85. The minimum atomic E-state index is -4.40. The fourth-order valence-corrected chi connectivity index (χ4v) is 4.98. The van der Waals surface area contributed by atoms with Gasteiger partial charge in [-0.25, -0.2) is 17.5 Å². The highest BCUT2D eigenvalue weighted by Crippen LogP contribution is 2.32. The first-order chi connectivity index (χ1) is 13.9. The van der Waals surface area contributed by atoms with E-state index in [1.165, 1.54) is 17.9 Å². The van der Waals surface area contributed by atoms with Gasteiger partial charge in [-0.3, -0.25) is 9.59 Å². The molecule has 1 saturated heterocycles. The van der Waals surface area contributed by atoms with Gasteiger partial charge in [-0.15, -0.1) is 0 Å². The first-order valence-corrected chi connectivity index (χ1v) is 11.1. The Hall–Kier alpha value is -2.74. The molecule has 3 rings (SSSR count). The van der Waals surface area contributed by atoms with Gasteiger partial charge in [-0.2, -0.15) is 0 Å². The third-order valence-corrected chi connectivity index (χ3v) is 6.79. The van der Waals surface area contributed by atoms with Crippen molar-refractivity contribution in [2.45, 2.75) is 51.0 Å². The lowest BCUT2D eigenvalue weighted by Gasteiger charge is -2.49. The maximum absolute atomic E-state index is 14.0. The molecule has 1 atom stereocenters. The van der Waals surface area contributed by atoms with Crippen molar-refractivity contribution in [1.82, 2.24) is 9.62 Å². The van der Waals surface area contributed by atoms with Crippen molar-refractivity contribution in [2.75, 3.05) is 6.54 Å². The van der Waals surface area contributed by atoms with Crippen LogP contribution in [0.2, 0.25) is 0 Å². The predicted octanol–water partition coefficient (Wildman–Crippen LogP) is 2.79. The molecule has 2 aromatic carbocycles. The summed E-state index contributed by atoms with van der Waals surface area (Å²) in [5.74, 6) is -2.05. The Labute approximate surface area is 176 Å². The van der Waals surface area contributed by atoms with Crippen LogP contribution in [0.15, 0.2) is 41.3 Å². The van der Waals surface area contributed by atoms with E-state index < -0.39 is 32.2 Å². The summed E-state index contributed by atoms with van der Waals surface area (Å²) < 4.78 is 41.1. The van der Waals surface area contributed by atoms with E-state index in [2.05, 4.69) is 0 Å². The first kappa shape index (κ1) is 22.0. The van der Waals surface area contributed by atoms with Gasteiger partial charge in [0.2, 0.25) is 5.91 Å². The molecule has 1 unspecified atom stereocenters. The molecule has 0 saturated carbocycles. The predicted molar refractivity (Wildman–Crippen MR) is 111 cm³/mol. The Bertz CT molecular complexity index is 1110. The smallest absolute Gasteiger partial charge is 0.267 e. The van der Waals surface area contributed by atoms with Crippen molar-refractivity contribution in [3.63, 3.8) is 0 Å². The van der Waals surface area contributed by atoms with E-state index in [0.29, 0.717) is 18.5 Å². The highest BCUT2D eigenvalue weighted by molar-refractivity contribution is 7.90. The number of carbonyl (C=O) groups excluding carboxylic acids is 2. The molecular formula is C22H25FN2O4S. The van der Waals surface area contributed by atoms with Gasteiger partial charge in [0.15, 0.2) is 0 Å². The van der Waals surface area contributed by atoms with Crippen LogP contribution in [-0.4, -0.2) is 37.2 Å². The number of likely N-dealkylation sites (tertiary alicyclic amines) is 1. The molecule has 0 aromatic heterocycles. The van der Waals surface area contributed by atoms with E-state index in [9.17, 15) is 22.4 Å². The van der Waals surface area contributed by atoms with Crippen molar-refractivity contribution in [3.8, 4) is 0 Å². The van der Waals surface area contributed by atoms with Crippen LogP contribution in [0.4, 0.5) is 4.39 Å². The Morgan fingerprint density at radius 2 is 1.70 bits per heavy atom. The average Bonchev–Trinajstić information content (AvgIpc) is 2.60. The summed E-state index contributed by atoms with van der Waals surface area (Å²) in [5.41, 5.74) is 2.15. The van der Waals surface area contributed by atoms with E-state index in [1.807, 2.05) is 36.8 Å². The molecule has 1 fully saturated rings. The molecule has 0 radical (unpaired) electrons. The number of aryl methyl sites for hydroxylation is 3. The van der Waals surface area contributed by atoms with Crippen LogP contribution in [0.5, 0.6) is 0 Å². The molecule has 0 spiro atoms. The summed E-state index contributed by atoms with van der Waals surface area (Å²) in [6.45, 7) is 7.38. The highest BCUT2D eigenvalue weighted by Gasteiger charge is 2.50. The second kappa shape index (κ2) is 7.83. The number of nitrogens with zero attached hydrogens (tertiary/aromatic N) is 1. The molecule has 1 N–H and O–H groups in total. The number of benzene rings is 2. The first-order valence-electron chi connectivity index (χ1n) is 9.63. The molecule has 8 heteroatoms. The molecule has 1 heterocycles.